The first-order valence-electron chi connectivity index (χ1n) is 8.86. The number of primary amides is 1. The Morgan fingerprint density at radius 3 is 2.48 bits per heavy atom. The van der Waals surface area contributed by atoms with Crippen LogP contribution in [0.1, 0.15) is 24.0 Å². The molecule has 10 heteroatoms. The molecule has 150 valence electrons. The van der Waals surface area contributed by atoms with Crippen molar-refractivity contribution >= 4 is 28.9 Å². The first-order valence-corrected chi connectivity index (χ1v) is 8.86. The van der Waals surface area contributed by atoms with Gasteiger partial charge < -0.3 is 21.1 Å². The van der Waals surface area contributed by atoms with E-state index in [9.17, 15) is 39.8 Å². The van der Waals surface area contributed by atoms with Gasteiger partial charge in [-0.3, -0.25) is 24.5 Å². The number of nitrogens with two attached hydrogens (primary N) is 1. The quantitative estimate of drug-likeness (QED) is 0.324. The number of aliphatic hydroxyl groups is 2. The maximum absolute atomic E-state index is 13.1. The Bertz CT molecular complexity index is 1080. The summed E-state index contributed by atoms with van der Waals surface area (Å²) >= 11 is 0. The molecule has 3 unspecified atom stereocenters. The Morgan fingerprint density at radius 1 is 1.17 bits per heavy atom. The molecule has 29 heavy (non-hydrogen) atoms. The van der Waals surface area contributed by atoms with Crippen molar-refractivity contribution < 1.29 is 34.6 Å². The van der Waals surface area contributed by atoms with Crippen molar-refractivity contribution in [2.24, 2.45) is 23.5 Å². The molecule has 0 radical (unpaired) electrons. The number of nitro groups is 1. The number of aromatic hydroxyl groups is 1. The molecule has 0 spiro atoms. The molecule has 3 aliphatic carbocycles. The number of allylic oxidation sites excluding steroid dienone is 2. The summed E-state index contributed by atoms with van der Waals surface area (Å²) < 4.78 is 0. The number of rotatable bonds is 2. The van der Waals surface area contributed by atoms with Gasteiger partial charge in [-0.25, -0.2) is 0 Å². The van der Waals surface area contributed by atoms with E-state index >= 15 is 0 Å². The maximum Gasteiger partial charge on any atom is 0.273 e. The Morgan fingerprint density at radius 2 is 1.86 bits per heavy atom. The third-order valence-corrected chi connectivity index (χ3v) is 5.94. The van der Waals surface area contributed by atoms with Crippen LogP contribution in [0.15, 0.2) is 29.0 Å². The smallest absolute Gasteiger partial charge is 0.273 e. The average molecular weight is 400 g/mol. The predicted molar refractivity (Wildman–Crippen MR) is 96.6 cm³/mol. The fraction of sp³-hybridized carbons (Fsp3) is 0.316. The van der Waals surface area contributed by atoms with Gasteiger partial charge in [-0.2, -0.15) is 0 Å². The number of Topliss-reactive ketones (excluding diaryl/α,β-unsaturated/α-hetero) is 2. The van der Waals surface area contributed by atoms with Crippen LogP contribution in [-0.4, -0.2) is 37.7 Å². The SMILES string of the molecule is NC(=O)C1=C(O)C2C(=O)C3=C(O)c4c(O)ccc([N+](=O)[O-])c4CC3CC2CC1=O. The van der Waals surface area contributed by atoms with Gasteiger partial charge in [0.1, 0.15) is 22.8 Å². The summed E-state index contributed by atoms with van der Waals surface area (Å²) in [6, 6.07) is 2.18. The number of amides is 1. The molecule has 1 fully saturated rings. The molecule has 10 nitrogen and oxygen atoms in total. The van der Waals surface area contributed by atoms with Crippen LogP contribution in [0.25, 0.3) is 5.76 Å². The topological polar surface area (TPSA) is 181 Å². The van der Waals surface area contributed by atoms with E-state index in [1.54, 1.807) is 0 Å². The number of aliphatic hydroxyl groups excluding tert-OH is 2. The summed E-state index contributed by atoms with van der Waals surface area (Å²) in [5, 5.41) is 42.7. The Hall–Kier alpha value is -3.69. The summed E-state index contributed by atoms with van der Waals surface area (Å²) in [4.78, 5) is 47.6. The van der Waals surface area contributed by atoms with Gasteiger partial charge in [0, 0.05) is 23.6 Å². The fourth-order valence-electron chi connectivity index (χ4n) is 4.80. The fourth-order valence-corrected chi connectivity index (χ4v) is 4.80. The van der Waals surface area contributed by atoms with Gasteiger partial charge in [0.2, 0.25) is 0 Å². The van der Waals surface area contributed by atoms with Crippen LogP contribution >= 0.6 is 0 Å². The highest BCUT2D eigenvalue weighted by atomic mass is 16.6. The molecule has 3 atom stereocenters. The van der Waals surface area contributed by atoms with Crippen molar-refractivity contribution in [3.05, 3.63) is 50.3 Å². The predicted octanol–water partition coefficient (Wildman–Crippen LogP) is 1.22. The van der Waals surface area contributed by atoms with Gasteiger partial charge >= 0.3 is 0 Å². The monoisotopic (exact) mass is 400 g/mol. The van der Waals surface area contributed by atoms with E-state index in [-0.39, 0.29) is 41.6 Å². The molecule has 0 aromatic heterocycles. The van der Waals surface area contributed by atoms with E-state index in [0.717, 1.165) is 12.1 Å². The number of phenolic OH excluding ortho intramolecular Hbond substituents is 1. The van der Waals surface area contributed by atoms with Crippen LogP contribution < -0.4 is 5.73 Å². The first kappa shape index (κ1) is 18.7. The van der Waals surface area contributed by atoms with E-state index in [0.29, 0.717) is 0 Å². The summed E-state index contributed by atoms with van der Waals surface area (Å²) in [7, 11) is 0. The van der Waals surface area contributed by atoms with Gasteiger partial charge in [0.25, 0.3) is 11.6 Å². The van der Waals surface area contributed by atoms with Crippen molar-refractivity contribution in [2.75, 3.05) is 0 Å². The summed E-state index contributed by atoms with van der Waals surface area (Å²) in [6.07, 6.45) is 0.0118. The van der Waals surface area contributed by atoms with Crippen LogP contribution in [0.3, 0.4) is 0 Å². The van der Waals surface area contributed by atoms with Crippen molar-refractivity contribution in [3.63, 3.8) is 0 Å². The lowest BCUT2D eigenvalue weighted by Crippen LogP contribution is -2.44. The molecular weight excluding hydrogens is 384 g/mol. The van der Waals surface area contributed by atoms with Crippen LogP contribution in [0, 0.1) is 27.9 Å². The number of carbonyl (C=O) groups is 3. The van der Waals surface area contributed by atoms with Gasteiger partial charge in [0.15, 0.2) is 11.6 Å². The summed E-state index contributed by atoms with van der Waals surface area (Å²) in [5.74, 6) is -6.69. The van der Waals surface area contributed by atoms with E-state index < -0.39 is 63.0 Å². The number of hydrogen-bond acceptors (Lipinski definition) is 8. The second-order valence-corrected chi connectivity index (χ2v) is 7.47. The lowest BCUT2D eigenvalue weighted by Gasteiger charge is -2.40. The van der Waals surface area contributed by atoms with Crippen LogP contribution in [0.2, 0.25) is 0 Å². The normalized spacial score (nSPS) is 26.0. The van der Waals surface area contributed by atoms with Crippen molar-refractivity contribution in [3.8, 4) is 5.75 Å². The van der Waals surface area contributed by atoms with Crippen molar-refractivity contribution in [2.45, 2.75) is 19.3 Å². The standard InChI is InChI=1S/C19H16N2O8/c20-19(27)15-11(23)5-7-3-6-4-8-9(21(28)29)1-2-10(22)14(8)17(25)12(6)16(24)13(7)18(15)26/h1-2,6-7,13,22,25-26H,3-5H2,(H2,20,27). The van der Waals surface area contributed by atoms with Crippen molar-refractivity contribution in [1.82, 2.24) is 0 Å². The summed E-state index contributed by atoms with van der Waals surface area (Å²) in [6.45, 7) is 0. The second kappa shape index (κ2) is 6.16. The number of nitrogens with zero attached hydrogens (tertiary/aromatic N) is 1. The first-order chi connectivity index (χ1) is 13.6. The third-order valence-electron chi connectivity index (χ3n) is 5.94. The summed E-state index contributed by atoms with van der Waals surface area (Å²) in [5.41, 5.74) is 4.07. The highest BCUT2D eigenvalue weighted by Gasteiger charge is 2.51. The number of hydrogen-bond donors (Lipinski definition) is 4. The molecule has 3 aliphatic rings. The van der Waals surface area contributed by atoms with Crippen LogP contribution in [-0.2, 0) is 20.8 Å². The molecule has 0 aliphatic heterocycles. The minimum absolute atomic E-state index is 0.00967. The Kier molecular flexibility index (Phi) is 3.96. The van der Waals surface area contributed by atoms with Crippen LogP contribution in [0.4, 0.5) is 5.69 Å². The van der Waals surface area contributed by atoms with Crippen LogP contribution in [0.5, 0.6) is 5.75 Å². The maximum atomic E-state index is 13.1. The molecule has 0 saturated heterocycles. The molecule has 0 bridgehead atoms. The largest absolute Gasteiger partial charge is 0.511 e. The van der Waals surface area contributed by atoms with E-state index in [2.05, 4.69) is 0 Å². The molecule has 0 heterocycles. The lowest BCUT2D eigenvalue weighted by atomic mass is 9.61. The number of phenols is 1. The Labute approximate surface area is 163 Å². The highest BCUT2D eigenvalue weighted by Crippen LogP contribution is 2.51. The highest BCUT2D eigenvalue weighted by molar-refractivity contribution is 6.21. The molecule has 1 amide bonds. The second-order valence-electron chi connectivity index (χ2n) is 7.47. The van der Waals surface area contributed by atoms with Gasteiger partial charge in [0.05, 0.1) is 16.4 Å². The zero-order valence-corrected chi connectivity index (χ0v) is 14.9. The molecule has 4 rings (SSSR count). The van der Waals surface area contributed by atoms with Gasteiger partial charge in [-0.05, 0) is 30.7 Å². The number of carbonyl (C=O) groups excluding carboxylic acids is 3. The number of benzene rings is 1. The molecule has 1 aromatic rings. The van der Waals surface area contributed by atoms with E-state index in [1.165, 1.54) is 0 Å². The van der Waals surface area contributed by atoms with Crippen molar-refractivity contribution in [1.29, 1.82) is 0 Å². The molecule has 1 saturated carbocycles. The lowest BCUT2D eigenvalue weighted by molar-refractivity contribution is -0.385. The Balaban J connectivity index is 1.90. The average Bonchev–Trinajstić information content (AvgIpc) is 2.60. The molecular formula is C19H16N2O8. The van der Waals surface area contributed by atoms with E-state index in [4.69, 9.17) is 5.73 Å². The number of ketones is 2. The number of nitro benzene ring substituents is 1. The zero-order chi connectivity index (χ0) is 21.2. The minimum atomic E-state index is -1.22. The molecule has 5 N–H and O–H groups in total. The molecule has 1 aromatic carbocycles. The third kappa shape index (κ3) is 2.52. The van der Waals surface area contributed by atoms with Gasteiger partial charge in [-0.1, -0.05) is 0 Å². The van der Waals surface area contributed by atoms with E-state index in [1.807, 2.05) is 0 Å². The zero-order valence-electron chi connectivity index (χ0n) is 14.9. The van der Waals surface area contributed by atoms with Gasteiger partial charge in [-0.15, -0.1) is 0 Å². The number of fused-ring (bicyclic) bond motifs is 3. The minimum Gasteiger partial charge on any atom is -0.511 e.